The van der Waals surface area contributed by atoms with Gasteiger partial charge in [-0.2, -0.15) is 0 Å². The molecule has 0 bridgehead atoms. The normalized spacial score (nSPS) is 29.1. The Morgan fingerprint density at radius 3 is 2.86 bits per heavy atom. The Labute approximate surface area is 123 Å². The number of rotatable bonds is 2. The first-order chi connectivity index (χ1) is 10.0. The van der Waals surface area contributed by atoms with Crippen LogP contribution in [0.3, 0.4) is 0 Å². The molecule has 0 aliphatic carbocycles. The second kappa shape index (κ2) is 5.28. The van der Waals surface area contributed by atoms with Crippen molar-refractivity contribution in [3.8, 4) is 0 Å². The molecule has 3 heterocycles. The molecule has 1 fully saturated rings. The summed E-state index contributed by atoms with van der Waals surface area (Å²) < 4.78 is 6.77. The summed E-state index contributed by atoms with van der Waals surface area (Å²) in [4.78, 5) is 18.7. The number of pyridine rings is 1. The van der Waals surface area contributed by atoms with Gasteiger partial charge in [0.1, 0.15) is 24.0 Å². The summed E-state index contributed by atoms with van der Waals surface area (Å²) in [6.45, 7) is -0.441. The molecule has 0 radical (unpaired) electrons. The lowest BCUT2D eigenvalue weighted by Gasteiger charge is -2.18. The van der Waals surface area contributed by atoms with Crippen LogP contribution in [0.25, 0.3) is 11.0 Å². The highest BCUT2D eigenvalue weighted by Gasteiger charge is 2.43. The molecule has 112 valence electrons. The van der Waals surface area contributed by atoms with Crippen LogP contribution in [0, 0.1) is 4.77 Å². The van der Waals surface area contributed by atoms with Gasteiger partial charge in [-0.1, -0.05) is 0 Å². The van der Waals surface area contributed by atoms with Crippen molar-refractivity contribution >= 4 is 23.3 Å². The molecule has 3 rings (SSSR count). The third kappa shape index (κ3) is 2.28. The van der Waals surface area contributed by atoms with Crippen molar-refractivity contribution in [3.05, 3.63) is 33.5 Å². The summed E-state index contributed by atoms with van der Waals surface area (Å²) in [7, 11) is 0. The highest BCUT2D eigenvalue weighted by molar-refractivity contribution is 7.71. The van der Waals surface area contributed by atoms with E-state index in [1.54, 1.807) is 0 Å². The van der Waals surface area contributed by atoms with E-state index in [1.807, 2.05) is 0 Å². The molecule has 2 aromatic heterocycles. The topological polar surface area (TPSA) is 121 Å². The summed E-state index contributed by atoms with van der Waals surface area (Å²) in [5.74, 6) is 0. The standard InChI is InChI=1S/C12H13N3O5S/c16-4-7-8(18)9(19)11(20-7)15-3-5-6(17)1-2-13-10(5)14-12(15)21/h1-3,7-9,11,16,18-19H,4H2,(H,13,14,21)/t7-,8?,9?,11-/m1/s1. The van der Waals surface area contributed by atoms with Crippen molar-refractivity contribution in [1.29, 1.82) is 0 Å². The van der Waals surface area contributed by atoms with Crippen LogP contribution in [-0.2, 0) is 4.74 Å². The Balaban J connectivity index is 2.13. The fourth-order valence-electron chi connectivity index (χ4n) is 2.34. The number of H-pyrrole nitrogens is 1. The summed E-state index contributed by atoms with van der Waals surface area (Å²) in [5, 5.41) is 29.2. The van der Waals surface area contributed by atoms with E-state index in [0.29, 0.717) is 5.65 Å². The van der Waals surface area contributed by atoms with Crippen LogP contribution in [-0.4, -0.2) is 54.8 Å². The molecule has 2 aromatic rings. The largest absolute Gasteiger partial charge is 0.394 e. The molecule has 0 amide bonds. The number of aliphatic hydroxyl groups is 3. The molecule has 8 nitrogen and oxygen atoms in total. The molecule has 9 heteroatoms. The molecule has 1 aliphatic rings. The average Bonchev–Trinajstić information content (AvgIpc) is 2.75. The molecule has 0 spiro atoms. The number of fused-ring (bicyclic) bond motifs is 1. The lowest BCUT2D eigenvalue weighted by molar-refractivity contribution is -0.0538. The maximum absolute atomic E-state index is 11.8. The minimum atomic E-state index is -1.28. The molecule has 21 heavy (non-hydrogen) atoms. The van der Waals surface area contributed by atoms with Gasteiger partial charge in [-0.25, -0.2) is 4.98 Å². The van der Waals surface area contributed by atoms with Crippen molar-refractivity contribution in [2.24, 2.45) is 0 Å². The van der Waals surface area contributed by atoms with Crippen LogP contribution in [0.1, 0.15) is 6.23 Å². The van der Waals surface area contributed by atoms with Crippen LogP contribution in [0.5, 0.6) is 0 Å². The quantitative estimate of drug-likeness (QED) is 0.529. The fraction of sp³-hybridized carbons (Fsp3) is 0.417. The van der Waals surface area contributed by atoms with E-state index in [-0.39, 0.29) is 15.6 Å². The molecule has 4 atom stereocenters. The summed E-state index contributed by atoms with van der Waals surface area (Å²) in [6.07, 6.45) is -1.58. The SMILES string of the molecule is O=c1cc[nH]c2nc(=S)n([C@@H]3O[C@H](CO)C(O)C3O)cc12. The average molecular weight is 311 g/mol. The molecule has 0 saturated carbocycles. The van der Waals surface area contributed by atoms with Gasteiger partial charge >= 0.3 is 0 Å². The first-order valence-corrected chi connectivity index (χ1v) is 6.67. The van der Waals surface area contributed by atoms with Crippen molar-refractivity contribution < 1.29 is 20.1 Å². The number of nitrogens with zero attached hydrogens (tertiary/aromatic N) is 2. The predicted molar refractivity (Wildman–Crippen MR) is 74.2 cm³/mol. The second-order valence-corrected chi connectivity index (χ2v) is 5.13. The Morgan fingerprint density at radius 1 is 1.43 bits per heavy atom. The molecule has 1 saturated heterocycles. The Bertz CT molecular complexity index is 788. The summed E-state index contributed by atoms with van der Waals surface area (Å²) in [6, 6.07) is 1.34. The van der Waals surface area contributed by atoms with E-state index < -0.39 is 31.1 Å². The third-order valence-corrected chi connectivity index (χ3v) is 3.77. The zero-order valence-corrected chi connectivity index (χ0v) is 11.5. The zero-order chi connectivity index (χ0) is 15.1. The van der Waals surface area contributed by atoms with E-state index in [9.17, 15) is 15.0 Å². The van der Waals surface area contributed by atoms with E-state index in [0.717, 1.165) is 0 Å². The van der Waals surface area contributed by atoms with Gasteiger partial charge in [-0.15, -0.1) is 0 Å². The highest BCUT2D eigenvalue weighted by Crippen LogP contribution is 2.29. The fourth-order valence-corrected chi connectivity index (χ4v) is 2.59. The predicted octanol–water partition coefficient (Wildman–Crippen LogP) is -0.934. The van der Waals surface area contributed by atoms with Crippen molar-refractivity contribution in [2.45, 2.75) is 24.5 Å². The van der Waals surface area contributed by atoms with Crippen LogP contribution in [0.4, 0.5) is 0 Å². The zero-order valence-electron chi connectivity index (χ0n) is 10.7. The lowest BCUT2D eigenvalue weighted by atomic mass is 10.1. The maximum Gasteiger partial charge on any atom is 0.203 e. The first kappa shape index (κ1) is 14.3. The molecular weight excluding hydrogens is 298 g/mol. The van der Waals surface area contributed by atoms with Gasteiger partial charge in [0.2, 0.25) is 4.77 Å². The first-order valence-electron chi connectivity index (χ1n) is 6.26. The van der Waals surface area contributed by atoms with Gasteiger partial charge in [-0.3, -0.25) is 9.36 Å². The van der Waals surface area contributed by atoms with Gasteiger partial charge in [0.15, 0.2) is 11.7 Å². The molecule has 2 unspecified atom stereocenters. The van der Waals surface area contributed by atoms with Gasteiger partial charge in [0.25, 0.3) is 0 Å². The van der Waals surface area contributed by atoms with E-state index in [2.05, 4.69) is 9.97 Å². The van der Waals surface area contributed by atoms with Crippen molar-refractivity contribution in [3.63, 3.8) is 0 Å². The van der Waals surface area contributed by atoms with Crippen LogP contribution in [0.2, 0.25) is 0 Å². The Hall–Kier alpha value is -1.65. The van der Waals surface area contributed by atoms with E-state index in [1.165, 1.54) is 23.0 Å². The van der Waals surface area contributed by atoms with Crippen LogP contribution in [0.15, 0.2) is 23.3 Å². The Kier molecular flexibility index (Phi) is 3.59. The number of ether oxygens (including phenoxy) is 1. The monoisotopic (exact) mass is 311 g/mol. The van der Waals surface area contributed by atoms with Crippen LogP contribution < -0.4 is 5.43 Å². The summed E-state index contributed by atoms with van der Waals surface area (Å²) in [5.41, 5.74) is 0.0715. The smallest absolute Gasteiger partial charge is 0.203 e. The minimum absolute atomic E-state index is 0.0826. The maximum atomic E-state index is 11.8. The van der Waals surface area contributed by atoms with Crippen molar-refractivity contribution in [2.75, 3.05) is 6.61 Å². The molecular formula is C12H13N3O5S. The van der Waals surface area contributed by atoms with Gasteiger partial charge in [0.05, 0.1) is 12.0 Å². The third-order valence-electron chi connectivity index (χ3n) is 3.46. The van der Waals surface area contributed by atoms with Gasteiger partial charge < -0.3 is 25.0 Å². The Morgan fingerprint density at radius 2 is 2.19 bits per heavy atom. The van der Waals surface area contributed by atoms with Crippen LogP contribution >= 0.6 is 12.2 Å². The van der Waals surface area contributed by atoms with Crippen molar-refractivity contribution in [1.82, 2.24) is 14.5 Å². The molecule has 4 N–H and O–H groups in total. The second-order valence-electron chi connectivity index (χ2n) is 4.76. The van der Waals surface area contributed by atoms with Gasteiger partial charge in [-0.05, 0) is 12.2 Å². The number of aromatic nitrogens is 3. The number of hydrogen-bond acceptors (Lipinski definition) is 7. The summed E-state index contributed by atoms with van der Waals surface area (Å²) >= 11 is 5.12. The number of nitrogens with one attached hydrogen (secondary N) is 1. The molecule has 1 aliphatic heterocycles. The van der Waals surface area contributed by atoms with E-state index in [4.69, 9.17) is 22.1 Å². The van der Waals surface area contributed by atoms with E-state index >= 15 is 0 Å². The molecule has 0 aromatic carbocycles. The number of aliphatic hydroxyl groups excluding tert-OH is 3. The lowest BCUT2D eigenvalue weighted by Crippen LogP contribution is -2.33. The highest BCUT2D eigenvalue weighted by atomic mass is 32.1. The van der Waals surface area contributed by atoms with Gasteiger partial charge in [0, 0.05) is 18.5 Å². The minimum Gasteiger partial charge on any atom is -0.394 e. The number of aromatic amines is 1. The number of hydrogen-bond donors (Lipinski definition) is 4.